The number of nitrogens with one attached hydrogen (secondary N) is 1. The highest BCUT2D eigenvalue weighted by Crippen LogP contribution is 2.42. The van der Waals surface area contributed by atoms with Crippen LogP contribution in [0.1, 0.15) is 36.7 Å². The Balaban J connectivity index is 1.93. The number of ether oxygens (including phenoxy) is 1. The fourth-order valence-electron chi connectivity index (χ4n) is 3.91. The van der Waals surface area contributed by atoms with E-state index < -0.39 is 0 Å². The van der Waals surface area contributed by atoms with Gasteiger partial charge < -0.3 is 10.1 Å². The Hall–Kier alpha value is -3.34. The number of esters is 1. The van der Waals surface area contributed by atoms with Crippen molar-refractivity contribution in [2.75, 3.05) is 11.9 Å². The predicted molar refractivity (Wildman–Crippen MR) is 115 cm³/mol. The van der Waals surface area contributed by atoms with Gasteiger partial charge in [0.25, 0.3) is 0 Å². The molecular formula is C24H25N3O2. The van der Waals surface area contributed by atoms with Crippen LogP contribution in [0, 0.1) is 13.8 Å². The van der Waals surface area contributed by atoms with E-state index >= 15 is 0 Å². The van der Waals surface area contributed by atoms with Gasteiger partial charge in [0.1, 0.15) is 11.9 Å². The molecule has 0 radical (unpaired) electrons. The molecule has 0 saturated heterocycles. The average Bonchev–Trinajstić information content (AvgIpc) is 3.03. The van der Waals surface area contributed by atoms with Gasteiger partial charge in [0.2, 0.25) is 0 Å². The largest absolute Gasteiger partial charge is 0.463 e. The summed E-state index contributed by atoms with van der Waals surface area (Å²) in [7, 11) is 0. The molecule has 5 nitrogen and oxygen atoms in total. The first-order valence-corrected chi connectivity index (χ1v) is 9.87. The summed E-state index contributed by atoms with van der Waals surface area (Å²) in [5.41, 5.74) is 6.60. The minimum Gasteiger partial charge on any atom is -0.463 e. The molecule has 0 fully saturated rings. The Morgan fingerprint density at radius 2 is 1.76 bits per heavy atom. The minimum absolute atomic E-state index is 0.317. The van der Waals surface area contributed by atoms with Gasteiger partial charge in [-0.15, -0.1) is 0 Å². The fourth-order valence-corrected chi connectivity index (χ4v) is 3.91. The van der Waals surface area contributed by atoms with E-state index in [-0.39, 0.29) is 12.0 Å². The number of anilines is 1. The summed E-state index contributed by atoms with van der Waals surface area (Å²) in [6.07, 6.45) is 0. The number of rotatable bonds is 4. The summed E-state index contributed by atoms with van der Waals surface area (Å²) >= 11 is 0. The molecule has 0 bridgehead atoms. The van der Waals surface area contributed by atoms with E-state index in [1.54, 1.807) is 0 Å². The van der Waals surface area contributed by atoms with E-state index in [1.807, 2.05) is 43.7 Å². The number of hydrogen-bond donors (Lipinski definition) is 1. The van der Waals surface area contributed by atoms with Gasteiger partial charge in [-0.1, -0.05) is 60.2 Å². The summed E-state index contributed by atoms with van der Waals surface area (Å²) < 4.78 is 7.30. The molecule has 1 N–H and O–H groups in total. The van der Waals surface area contributed by atoms with Gasteiger partial charge in [0.15, 0.2) is 0 Å². The van der Waals surface area contributed by atoms with Crippen molar-refractivity contribution in [1.82, 2.24) is 9.78 Å². The lowest BCUT2D eigenvalue weighted by molar-refractivity contribution is -0.139. The molecule has 0 amide bonds. The Morgan fingerprint density at radius 1 is 1.07 bits per heavy atom. The molecule has 0 aliphatic carbocycles. The monoisotopic (exact) mass is 387 g/mol. The molecule has 1 aromatic heterocycles. The predicted octanol–water partition coefficient (Wildman–Crippen LogP) is 5.02. The van der Waals surface area contributed by atoms with Gasteiger partial charge in [-0.2, -0.15) is 5.10 Å². The van der Waals surface area contributed by atoms with Crippen LogP contribution in [-0.4, -0.2) is 22.4 Å². The van der Waals surface area contributed by atoms with Gasteiger partial charge in [-0.3, -0.25) is 0 Å². The van der Waals surface area contributed by atoms with Crippen LogP contribution in [0.5, 0.6) is 0 Å². The van der Waals surface area contributed by atoms with Crippen LogP contribution in [0.3, 0.4) is 0 Å². The number of carbonyl (C=O) groups is 1. The zero-order valence-electron chi connectivity index (χ0n) is 17.2. The van der Waals surface area contributed by atoms with Crippen molar-refractivity contribution < 1.29 is 9.53 Å². The summed E-state index contributed by atoms with van der Waals surface area (Å²) in [5.74, 6) is 0.577. The second-order valence-corrected chi connectivity index (χ2v) is 7.32. The van der Waals surface area contributed by atoms with Crippen LogP contribution < -0.4 is 5.32 Å². The van der Waals surface area contributed by atoms with Crippen molar-refractivity contribution in [2.45, 2.75) is 33.7 Å². The van der Waals surface area contributed by atoms with Gasteiger partial charge in [0.05, 0.1) is 17.9 Å². The van der Waals surface area contributed by atoms with Gasteiger partial charge in [-0.05, 0) is 38.8 Å². The van der Waals surface area contributed by atoms with Gasteiger partial charge >= 0.3 is 5.97 Å². The molecule has 2 aromatic carbocycles. The third-order valence-electron chi connectivity index (χ3n) is 5.26. The van der Waals surface area contributed by atoms with Crippen molar-refractivity contribution in [1.29, 1.82) is 0 Å². The summed E-state index contributed by atoms with van der Waals surface area (Å²) in [6.45, 7) is 8.13. The van der Waals surface area contributed by atoms with Crippen molar-refractivity contribution in [3.63, 3.8) is 0 Å². The van der Waals surface area contributed by atoms with Crippen molar-refractivity contribution in [3.8, 4) is 11.1 Å². The Bertz CT molecular complexity index is 1080. The number of benzene rings is 2. The summed E-state index contributed by atoms with van der Waals surface area (Å²) in [6, 6.07) is 18.1. The standard InChI is InChI=1S/C24H25N3O2/c1-5-29-24(28)21-16(3)25-23-20(18-9-7-6-8-10-18)17(4)26-27(23)22(21)19-13-11-15(2)12-14-19/h6-14,22,25H,5H2,1-4H3/t22-/m1/s1. The highest BCUT2D eigenvalue weighted by Gasteiger charge is 2.35. The van der Waals surface area contributed by atoms with Crippen molar-refractivity contribution in [3.05, 3.63) is 82.7 Å². The van der Waals surface area contributed by atoms with Gasteiger partial charge in [-0.25, -0.2) is 9.48 Å². The van der Waals surface area contributed by atoms with Crippen LogP contribution in [-0.2, 0) is 9.53 Å². The third-order valence-corrected chi connectivity index (χ3v) is 5.26. The molecule has 2 heterocycles. The number of carbonyl (C=O) groups excluding carboxylic acids is 1. The first-order valence-electron chi connectivity index (χ1n) is 9.87. The second-order valence-electron chi connectivity index (χ2n) is 7.32. The molecule has 29 heavy (non-hydrogen) atoms. The Kier molecular flexibility index (Phi) is 4.97. The molecule has 3 aromatic rings. The zero-order chi connectivity index (χ0) is 20.5. The molecule has 148 valence electrons. The van der Waals surface area contributed by atoms with E-state index in [0.717, 1.165) is 33.9 Å². The molecule has 4 rings (SSSR count). The minimum atomic E-state index is -0.345. The van der Waals surface area contributed by atoms with E-state index in [2.05, 4.69) is 48.6 Å². The second kappa shape index (κ2) is 7.59. The van der Waals surface area contributed by atoms with E-state index in [0.29, 0.717) is 12.2 Å². The summed E-state index contributed by atoms with van der Waals surface area (Å²) in [5, 5.41) is 8.27. The molecule has 0 unspecified atom stereocenters. The third kappa shape index (κ3) is 3.33. The maximum Gasteiger partial charge on any atom is 0.338 e. The van der Waals surface area contributed by atoms with E-state index in [1.165, 1.54) is 5.56 Å². The van der Waals surface area contributed by atoms with E-state index in [9.17, 15) is 4.79 Å². The number of fused-ring (bicyclic) bond motifs is 1. The number of hydrogen-bond acceptors (Lipinski definition) is 4. The molecular weight excluding hydrogens is 362 g/mol. The first-order chi connectivity index (χ1) is 14.0. The lowest BCUT2D eigenvalue weighted by atomic mass is 9.94. The van der Waals surface area contributed by atoms with Crippen LogP contribution >= 0.6 is 0 Å². The van der Waals surface area contributed by atoms with Crippen molar-refractivity contribution >= 4 is 11.8 Å². The normalized spacial score (nSPS) is 15.7. The maximum atomic E-state index is 12.9. The molecule has 5 heteroatoms. The highest BCUT2D eigenvalue weighted by molar-refractivity contribution is 5.93. The quantitative estimate of drug-likeness (QED) is 0.639. The SMILES string of the molecule is CCOC(=O)C1=C(C)Nc2c(-c3ccccc3)c(C)nn2[C@@H]1c1ccc(C)cc1. The molecule has 1 aliphatic rings. The first kappa shape index (κ1) is 19.0. The molecule has 1 atom stereocenters. The van der Waals surface area contributed by atoms with E-state index in [4.69, 9.17) is 9.84 Å². The lowest BCUT2D eigenvalue weighted by Gasteiger charge is -2.30. The smallest absolute Gasteiger partial charge is 0.338 e. The topological polar surface area (TPSA) is 56.1 Å². The summed E-state index contributed by atoms with van der Waals surface area (Å²) in [4.78, 5) is 12.9. The maximum absolute atomic E-state index is 12.9. The van der Waals surface area contributed by atoms with Gasteiger partial charge in [0, 0.05) is 11.3 Å². The molecule has 0 spiro atoms. The van der Waals surface area contributed by atoms with Crippen LogP contribution in [0.2, 0.25) is 0 Å². The lowest BCUT2D eigenvalue weighted by Crippen LogP contribution is -2.29. The van der Waals surface area contributed by atoms with Crippen LogP contribution in [0.4, 0.5) is 5.82 Å². The Labute approximate surface area is 171 Å². The number of aromatic nitrogens is 2. The number of allylic oxidation sites excluding steroid dienone is 1. The number of aryl methyl sites for hydroxylation is 2. The van der Waals surface area contributed by atoms with Crippen LogP contribution in [0.25, 0.3) is 11.1 Å². The molecule has 1 aliphatic heterocycles. The zero-order valence-corrected chi connectivity index (χ0v) is 17.2. The van der Waals surface area contributed by atoms with Crippen molar-refractivity contribution in [2.24, 2.45) is 0 Å². The molecule has 0 saturated carbocycles. The highest BCUT2D eigenvalue weighted by atomic mass is 16.5. The van der Waals surface area contributed by atoms with Crippen LogP contribution in [0.15, 0.2) is 65.9 Å². The number of nitrogens with zero attached hydrogens (tertiary/aromatic N) is 2. The fraction of sp³-hybridized carbons (Fsp3) is 0.250. The Morgan fingerprint density at radius 3 is 2.41 bits per heavy atom. The average molecular weight is 387 g/mol.